The highest BCUT2D eigenvalue weighted by Crippen LogP contribution is 2.17. The Bertz CT molecular complexity index is 2090. The van der Waals surface area contributed by atoms with Gasteiger partial charge in [-0.2, -0.15) is 0 Å². The van der Waals surface area contributed by atoms with Crippen molar-refractivity contribution < 1.29 is 38.4 Å². The molecule has 0 aliphatic heterocycles. The molecule has 2 rings (SSSR count). The third kappa shape index (κ3) is 44.6. The fourth-order valence-electron chi connectivity index (χ4n) is 11.2. The highest BCUT2D eigenvalue weighted by Gasteiger charge is 2.24. The number of nitrogens with one attached hydrogen (secondary N) is 8. The minimum atomic E-state index is -0.960. The Balaban J connectivity index is 1.91. The van der Waals surface area contributed by atoms with Crippen LogP contribution in [0.3, 0.4) is 0 Å². The Kier molecular flexibility index (Phi) is 51.5. The van der Waals surface area contributed by atoms with Crippen molar-refractivity contribution in [2.75, 3.05) is 39.3 Å². The average Bonchev–Trinajstić information content (AvgIpc) is 1.13. The average molecular weight is 1290 g/mol. The molecule has 8 N–H and O–H groups in total. The van der Waals surface area contributed by atoms with Crippen molar-refractivity contribution >= 4 is 47.3 Å². The predicted octanol–water partition coefficient (Wildman–Crippen LogP) is 14.3. The number of nitrogens with zero attached hydrogens (tertiary/aromatic N) is 2. The van der Waals surface area contributed by atoms with Crippen LogP contribution in [0.4, 0.5) is 0 Å². The maximum atomic E-state index is 13.4. The molecule has 2 aromatic heterocycles. The number of amides is 8. The van der Waals surface area contributed by atoms with E-state index >= 15 is 0 Å². The van der Waals surface area contributed by atoms with Gasteiger partial charge in [-0.1, -0.05) is 259 Å². The number of hydrogen-bond donors (Lipinski definition) is 8. The van der Waals surface area contributed by atoms with E-state index in [4.69, 9.17) is 0 Å². The summed E-state index contributed by atoms with van der Waals surface area (Å²) in [6.45, 7) is 10.2. The first-order valence-electron chi connectivity index (χ1n) is 37.1. The van der Waals surface area contributed by atoms with Crippen molar-refractivity contribution in [2.24, 2.45) is 0 Å². The maximum Gasteiger partial charge on any atom is 0.253 e. The van der Waals surface area contributed by atoms with Crippen molar-refractivity contribution in [1.82, 2.24) is 52.5 Å². The molecule has 0 aliphatic carbocycles. The van der Waals surface area contributed by atoms with Crippen molar-refractivity contribution in [3.63, 3.8) is 0 Å². The number of carbonyl (C=O) groups excluding carboxylic acids is 8. The smallest absolute Gasteiger partial charge is 0.253 e. The van der Waals surface area contributed by atoms with Crippen LogP contribution in [0.2, 0.25) is 0 Å². The summed E-state index contributed by atoms with van der Waals surface area (Å²) in [5.41, 5.74) is 1.18. The molecule has 92 heavy (non-hydrogen) atoms. The number of carbonyl (C=O) groups is 8. The molecule has 0 aliphatic rings. The molecular formula is C74H128N10O8. The summed E-state index contributed by atoms with van der Waals surface area (Å²) in [6, 6.07) is 4.32. The van der Waals surface area contributed by atoms with E-state index in [1.165, 1.54) is 204 Å². The summed E-state index contributed by atoms with van der Waals surface area (Å²) >= 11 is 0. The molecule has 2 atom stereocenters. The number of pyridine rings is 2. The van der Waals surface area contributed by atoms with Gasteiger partial charge in [-0.25, -0.2) is 0 Å². The fraction of sp³-hybridized carbons (Fsp3) is 0.757. The van der Waals surface area contributed by atoms with Gasteiger partial charge in [-0.15, -0.1) is 0 Å². The van der Waals surface area contributed by atoms with E-state index in [2.05, 4.69) is 80.2 Å². The fourth-order valence-corrected chi connectivity index (χ4v) is 11.2. The monoisotopic (exact) mass is 1280 g/mol. The molecule has 18 nitrogen and oxygen atoms in total. The largest absolute Gasteiger partial charge is 0.356 e. The van der Waals surface area contributed by atoms with Gasteiger partial charge in [0.1, 0.15) is 12.1 Å². The van der Waals surface area contributed by atoms with E-state index < -0.39 is 48.8 Å². The Morgan fingerprint density at radius 3 is 0.804 bits per heavy atom. The molecule has 522 valence electrons. The molecule has 0 aromatic carbocycles. The van der Waals surface area contributed by atoms with Crippen LogP contribution in [-0.2, 0) is 28.8 Å². The molecule has 0 saturated heterocycles. The van der Waals surface area contributed by atoms with Gasteiger partial charge in [0.2, 0.25) is 35.4 Å². The molecule has 18 heteroatoms. The second kappa shape index (κ2) is 57.7. The van der Waals surface area contributed by atoms with Crippen molar-refractivity contribution in [3.05, 3.63) is 47.8 Å². The second-order valence-corrected chi connectivity index (χ2v) is 25.6. The van der Waals surface area contributed by atoms with Crippen LogP contribution >= 0.6 is 0 Å². The first kappa shape index (κ1) is 82.2. The molecule has 0 bridgehead atoms. The van der Waals surface area contributed by atoms with Crippen LogP contribution in [0, 0.1) is 0 Å². The SMILES string of the molecule is CCCCCCCCCCCCNC(=O)CC[C@H](NC(=O)CNC(=O)c1ccc(-c2ccc(C(=O)NCC(=O)N[C@@H](CCC(=O)NCCCCCCCCCCCC)C(=O)NCCCCCCCCCCCC)cn2)nc1)C(=O)NCCCCCCCCCCCC. The number of unbranched alkanes of at least 4 members (excludes halogenated alkanes) is 36. The summed E-state index contributed by atoms with van der Waals surface area (Å²) < 4.78 is 0. The highest BCUT2D eigenvalue weighted by atomic mass is 16.2. The lowest BCUT2D eigenvalue weighted by molar-refractivity contribution is -0.129. The summed E-state index contributed by atoms with van der Waals surface area (Å²) in [6.07, 6.45) is 50.5. The number of rotatable bonds is 61. The molecule has 0 fully saturated rings. The van der Waals surface area contributed by atoms with Crippen LogP contribution in [0.25, 0.3) is 11.4 Å². The van der Waals surface area contributed by atoms with E-state index in [9.17, 15) is 38.4 Å². The first-order valence-corrected chi connectivity index (χ1v) is 37.1. The van der Waals surface area contributed by atoms with Gasteiger partial charge in [-0.05, 0) is 62.8 Å². The molecular weight excluding hydrogens is 1160 g/mol. The van der Waals surface area contributed by atoms with Crippen LogP contribution < -0.4 is 42.5 Å². The summed E-state index contributed by atoms with van der Waals surface area (Å²) in [7, 11) is 0. The third-order valence-electron chi connectivity index (χ3n) is 17.1. The van der Waals surface area contributed by atoms with Gasteiger partial charge < -0.3 is 42.5 Å². The second-order valence-electron chi connectivity index (χ2n) is 25.6. The minimum absolute atomic E-state index is 0.0637. The van der Waals surface area contributed by atoms with Gasteiger partial charge >= 0.3 is 0 Å². The zero-order valence-corrected chi connectivity index (χ0v) is 58.1. The Morgan fingerprint density at radius 1 is 0.304 bits per heavy atom. The molecule has 2 aromatic rings. The first-order chi connectivity index (χ1) is 44.9. The van der Waals surface area contributed by atoms with Gasteiger partial charge in [0.25, 0.3) is 11.8 Å². The number of aromatic nitrogens is 2. The van der Waals surface area contributed by atoms with Gasteiger partial charge in [0, 0.05) is 51.4 Å². The standard InChI is InChI=1S/C74H128N10O8/c1-5-9-13-17-21-25-29-33-37-41-53-75-67(85)51-49-65(73(91)77-55-43-39-35-31-27-23-19-15-11-7-3)83-69(87)59-81-71(89)61-45-47-63(79-57-61)64-48-46-62(58-80-64)72(90)82-60-70(88)84-66(74(92)78-56-44-40-36-32-28-24-20-16-12-8-4)50-52-68(86)76-54-42-38-34-30-26-22-18-14-10-6-2/h45-48,57-58,65-66H,5-44,49-56,59-60H2,1-4H3,(H,75,85)(H,76,86)(H,77,91)(H,78,92)(H,81,89)(H,82,90)(H,83,87)(H,84,88)/t65-,66-/m0/s1. The lowest BCUT2D eigenvalue weighted by Crippen LogP contribution is -2.50. The van der Waals surface area contributed by atoms with E-state index in [-0.39, 0.29) is 60.4 Å². The normalized spacial score (nSPS) is 11.7. The molecule has 0 radical (unpaired) electrons. The lowest BCUT2D eigenvalue weighted by atomic mass is 10.1. The van der Waals surface area contributed by atoms with E-state index in [1.807, 2.05) is 0 Å². The molecule has 0 spiro atoms. The van der Waals surface area contributed by atoms with E-state index in [0.29, 0.717) is 37.6 Å². The van der Waals surface area contributed by atoms with E-state index in [1.54, 1.807) is 12.1 Å². The summed E-state index contributed by atoms with van der Waals surface area (Å²) in [5.74, 6) is -3.35. The lowest BCUT2D eigenvalue weighted by Gasteiger charge is -2.19. The topological polar surface area (TPSA) is 259 Å². The molecule has 0 unspecified atom stereocenters. The molecule has 0 saturated carbocycles. The van der Waals surface area contributed by atoms with E-state index in [0.717, 1.165) is 77.0 Å². The predicted molar refractivity (Wildman–Crippen MR) is 374 cm³/mol. The minimum Gasteiger partial charge on any atom is -0.356 e. The highest BCUT2D eigenvalue weighted by molar-refractivity contribution is 5.98. The summed E-state index contributed by atoms with van der Waals surface area (Å²) in [5, 5.41) is 22.5. The van der Waals surface area contributed by atoms with Crippen LogP contribution in [-0.4, -0.2) is 109 Å². The number of hydrogen-bond acceptors (Lipinski definition) is 10. The van der Waals surface area contributed by atoms with Crippen LogP contribution in [0.1, 0.15) is 331 Å². The quantitative estimate of drug-likeness (QED) is 0.0291. The van der Waals surface area contributed by atoms with Gasteiger partial charge in [0.05, 0.1) is 35.6 Å². The van der Waals surface area contributed by atoms with Crippen molar-refractivity contribution in [2.45, 2.75) is 322 Å². The summed E-state index contributed by atoms with van der Waals surface area (Å²) in [4.78, 5) is 114. The zero-order valence-electron chi connectivity index (χ0n) is 58.1. The molecule has 8 amide bonds. The molecule has 2 heterocycles. The van der Waals surface area contributed by atoms with Gasteiger partial charge in [0.15, 0.2) is 0 Å². The van der Waals surface area contributed by atoms with Crippen LogP contribution in [0.15, 0.2) is 36.7 Å². The zero-order chi connectivity index (χ0) is 66.8. The Morgan fingerprint density at radius 2 is 0.554 bits per heavy atom. The van der Waals surface area contributed by atoms with Crippen LogP contribution in [0.5, 0.6) is 0 Å². The van der Waals surface area contributed by atoms with Crippen molar-refractivity contribution in [3.8, 4) is 11.4 Å². The van der Waals surface area contributed by atoms with Crippen molar-refractivity contribution in [1.29, 1.82) is 0 Å². The maximum absolute atomic E-state index is 13.4. The Hall–Kier alpha value is -5.94. The van der Waals surface area contributed by atoms with Gasteiger partial charge in [-0.3, -0.25) is 48.3 Å². The third-order valence-corrected chi connectivity index (χ3v) is 17.1. The Labute approximate surface area is 556 Å².